The maximum Gasteiger partial charge on any atom is 0.144 e. The highest BCUT2D eigenvalue weighted by atomic mass is 19.1. The number of ether oxygens (including phenoxy) is 1. The number of nitrogens with zero attached hydrogens (tertiary/aromatic N) is 1. The fourth-order valence-electron chi connectivity index (χ4n) is 2.39. The summed E-state index contributed by atoms with van der Waals surface area (Å²) in [5.41, 5.74) is 0.883. The third kappa shape index (κ3) is 3.35. The molecule has 1 aromatic rings. The van der Waals surface area contributed by atoms with E-state index in [1.807, 2.05) is 0 Å². The molecule has 18 heavy (non-hydrogen) atoms. The molecule has 1 unspecified atom stereocenters. The predicted molar refractivity (Wildman–Crippen MR) is 71.7 cm³/mol. The summed E-state index contributed by atoms with van der Waals surface area (Å²) < 4.78 is 18.3. The van der Waals surface area contributed by atoms with Crippen molar-refractivity contribution >= 4 is 5.69 Å². The van der Waals surface area contributed by atoms with Crippen LogP contribution in [0, 0.1) is 5.82 Å². The lowest BCUT2D eigenvalue weighted by Crippen LogP contribution is -2.23. The number of benzene rings is 1. The number of hydrogen-bond acceptors (Lipinski definition) is 3. The maximum absolute atomic E-state index is 13.1. The molecule has 1 aromatic carbocycles. The molecule has 3 nitrogen and oxygen atoms in total. The second-order valence-electron chi connectivity index (χ2n) is 4.92. The fraction of sp³-hybridized carbons (Fsp3) is 0.571. The molecule has 4 heteroatoms. The van der Waals surface area contributed by atoms with Crippen LogP contribution in [0.4, 0.5) is 10.1 Å². The van der Waals surface area contributed by atoms with Gasteiger partial charge in [-0.05, 0) is 51.5 Å². The molecular weight excluding hydrogens is 231 g/mol. The van der Waals surface area contributed by atoms with Crippen LogP contribution in [-0.2, 0) is 0 Å². The molecule has 0 aliphatic carbocycles. The minimum Gasteiger partial charge on any atom is -0.494 e. The number of nitrogens with one attached hydrogen (secondary N) is 1. The van der Waals surface area contributed by atoms with Crippen LogP contribution in [0.1, 0.15) is 19.3 Å². The van der Waals surface area contributed by atoms with E-state index in [0.29, 0.717) is 11.8 Å². The van der Waals surface area contributed by atoms with E-state index in [1.165, 1.54) is 18.6 Å². The second kappa shape index (κ2) is 6.05. The Bertz CT molecular complexity index is 397. The lowest BCUT2D eigenvalue weighted by molar-refractivity contribution is 0.348. The Balaban J connectivity index is 2.04. The molecule has 0 saturated carbocycles. The van der Waals surface area contributed by atoms with Crippen molar-refractivity contribution in [3.63, 3.8) is 0 Å². The van der Waals surface area contributed by atoms with Crippen molar-refractivity contribution in [2.45, 2.75) is 25.3 Å². The predicted octanol–water partition coefficient (Wildman–Crippen LogP) is 2.73. The van der Waals surface area contributed by atoms with Gasteiger partial charge >= 0.3 is 0 Å². The third-order valence-corrected chi connectivity index (χ3v) is 3.47. The van der Waals surface area contributed by atoms with E-state index in [9.17, 15) is 4.39 Å². The fourth-order valence-corrected chi connectivity index (χ4v) is 2.39. The molecule has 1 fully saturated rings. The summed E-state index contributed by atoms with van der Waals surface area (Å²) in [6.45, 7) is 2.25. The first-order valence-corrected chi connectivity index (χ1v) is 6.47. The van der Waals surface area contributed by atoms with Crippen LogP contribution < -0.4 is 10.1 Å². The summed E-state index contributed by atoms with van der Waals surface area (Å²) in [5, 5.41) is 3.47. The monoisotopic (exact) mass is 252 g/mol. The van der Waals surface area contributed by atoms with Crippen molar-refractivity contribution in [3.8, 4) is 5.75 Å². The molecule has 1 N–H and O–H groups in total. The highest BCUT2D eigenvalue weighted by Crippen LogP contribution is 2.27. The van der Waals surface area contributed by atoms with Gasteiger partial charge in [0.05, 0.1) is 12.8 Å². The Morgan fingerprint density at radius 2 is 2.17 bits per heavy atom. The summed E-state index contributed by atoms with van der Waals surface area (Å²) in [6.07, 6.45) is 3.44. The summed E-state index contributed by atoms with van der Waals surface area (Å²) in [5.74, 6) is 0.311. The van der Waals surface area contributed by atoms with E-state index in [2.05, 4.69) is 17.3 Å². The van der Waals surface area contributed by atoms with E-state index in [1.54, 1.807) is 13.2 Å². The average molecular weight is 252 g/mol. The van der Waals surface area contributed by atoms with Gasteiger partial charge < -0.3 is 15.0 Å². The van der Waals surface area contributed by atoms with Gasteiger partial charge in [0.25, 0.3) is 0 Å². The average Bonchev–Trinajstić information content (AvgIpc) is 2.56. The van der Waals surface area contributed by atoms with Crippen molar-refractivity contribution in [2.75, 3.05) is 32.6 Å². The van der Waals surface area contributed by atoms with Crippen molar-refractivity contribution in [2.24, 2.45) is 0 Å². The number of rotatable bonds is 3. The zero-order chi connectivity index (χ0) is 13.0. The summed E-state index contributed by atoms with van der Waals surface area (Å²) in [7, 11) is 3.72. The Kier molecular flexibility index (Phi) is 4.42. The van der Waals surface area contributed by atoms with Crippen LogP contribution in [-0.4, -0.2) is 38.2 Å². The standard InChI is InChI=1S/C14H21FN2O/c1-17-8-3-4-12(7-9-17)16-13-6-5-11(15)10-14(13)18-2/h5-6,10,12,16H,3-4,7-9H2,1-2H3. The van der Waals surface area contributed by atoms with Crippen LogP contribution in [0.25, 0.3) is 0 Å². The molecule has 0 bridgehead atoms. The van der Waals surface area contributed by atoms with Crippen molar-refractivity contribution in [1.82, 2.24) is 4.90 Å². The minimum absolute atomic E-state index is 0.266. The van der Waals surface area contributed by atoms with Crippen molar-refractivity contribution in [3.05, 3.63) is 24.0 Å². The van der Waals surface area contributed by atoms with E-state index in [-0.39, 0.29) is 5.82 Å². The SMILES string of the molecule is COc1cc(F)ccc1NC1CCCN(C)CC1. The van der Waals surface area contributed by atoms with Gasteiger partial charge in [0, 0.05) is 12.1 Å². The summed E-state index contributed by atoms with van der Waals surface area (Å²) in [4.78, 5) is 2.35. The molecule has 100 valence electrons. The number of halogens is 1. The molecule has 0 aromatic heterocycles. The van der Waals surface area contributed by atoms with Gasteiger partial charge in [-0.25, -0.2) is 4.39 Å². The molecule has 0 radical (unpaired) electrons. The van der Waals surface area contributed by atoms with Crippen LogP contribution >= 0.6 is 0 Å². The van der Waals surface area contributed by atoms with Crippen LogP contribution in [0.5, 0.6) is 5.75 Å². The minimum atomic E-state index is -0.266. The quantitative estimate of drug-likeness (QED) is 0.895. The van der Waals surface area contributed by atoms with E-state index in [0.717, 1.165) is 31.6 Å². The van der Waals surface area contributed by atoms with E-state index in [4.69, 9.17) is 4.74 Å². The first kappa shape index (κ1) is 13.1. The van der Waals surface area contributed by atoms with Gasteiger partial charge in [-0.2, -0.15) is 0 Å². The van der Waals surface area contributed by atoms with Gasteiger partial charge in [-0.1, -0.05) is 0 Å². The summed E-state index contributed by atoms with van der Waals surface area (Å²) in [6, 6.07) is 5.08. The zero-order valence-corrected chi connectivity index (χ0v) is 11.1. The van der Waals surface area contributed by atoms with Crippen LogP contribution in [0.2, 0.25) is 0 Å². The topological polar surface area (TPSA) is 24.5 Å². The van der Waals surface area contributed by atoms with Gasteiger partial charge in [-0.3, -0.25) is 0 Å². The Labute approximate surface area is 108 Å². The highest BCUT2D eigenvalue weighted by molar-refractivity contribution is 5.57. The Hall–Kier alpha value is -1.29. The number of anilines is 1. The van der Waals surface area contributed by atoms with Gasteiger partial charge in [0.1, 0.15) is 11.6 Å². The Morgan fingerprint density at radius 1 is 1.33 bits per heavy atom. The molecule has 2 rings (SSSR count). The number of likely N-dealkylation sites (tertiary alicyclic amines) is 1. The zero-order valence-electron chi connectivity index (χ0n) is 11.1. The summed E-state index contributed by atoms with van der Waals surface area (Å²) >= 11 is 0. The van der Waals surface area contributed by atoms with E-state index < -0.39 is 0 Å². The highest BCUT2D eigenvalue weighted by Gasteiger charge is 2.16. The molecule has 1 aliphatic rings. The second-order valence-corrected chi connectivity index (χ2v) is 4.92. The molecule has 0 amide bonds. The number of methoxy groups -OCH3 is 1. The normalized spacial score (nSPS) is 21.4. The van der Waals surface area contributed by atoms with Gasteiger partial charge in [0.15, 0.2) is 0 Å². The van der Waals surface area contributed by atoms with Gasteiger partial charge in [-0.15, -0.1) is 0 Å². The Morgan fingerprint density at radius 3 is 2.94 bits per heavy atom. The largest absolute Gasteiger partial charge is 0.494 e. The van der Waals surface area contributed by atoms with Gasteiger partial charge in [0.2, 0.25) is 0 Å². The van der Waals surface area contributed by atoms with E-state index >= 15 is 0 Å². The molecule has 1 saturated heterocycles. The lowest BCUT2D eigenvalue weighted by Gasteiger charge is -2.19. The van der Waals surface area contributed by atoms with Crippen LogP contribution in [0.3, 0.4) is 0 Å². The molecule has 1 atom stereocenters. The maximum atomic E-state index is 13.1. The van der Waals surface area contributed by atoms with Crippen molar-refractivity contribution < 1.29 is 9.13 Å². The smallest absolute Gasteiger partial charge is 0.144 e. The van der Waals surface area contributed by atoms with Crippen molar-refractivity contribution in [1.29, 1.82) is 0 Å². The molecular formula is C14H21FN2O. The first-order chi connectivity index (χ1) is 8.69. The van der Waals surface area contributed by atoms with Crippen LogP contribution in [0.15, 0.2) is 18.2 Å². The lowest BCUT2D eigenvalue weighted by atomic mass is 10.1. The molecule has 1 aliphatic heterocycles. The first-order valence-electron chi connectivity index (χ1n) is 6.47. The third-order valence-electron chi connectivity index (χ3n) is 3.47. The molecule has 1 heterocycles. The molecule has 0 spiro atoms. The number of hydrogen-bond donors (Lipinski definition) is 1.